The molecule has 2 nitrogen and oxygen atoms in total. The summed E-state index contributed by atoms with van der Waals surface area (Å²) in [7, 11) is 0. The van der Waals surface area contributed by atoms with Gasteiger partial charge in [0.1, 0.15) is 6.61 Å². The molecule has 1 aromatic rings. The fraction of sp³-hybridized carbons (Fsp3) is 0.600. The van der Waals surface area contributed by atoms with Crippen LogP contribution in [0.25, 0.3) is 0 Å². The van der Waals surface area contributed by atoms with E-state index in [-0.39, 0.29) is 6.61 Å². The van der Waals surface area contributed by atoms with Crippen molar-refractivity contribution in [3.8, 4) is 0 Å². The van der Waals surface area contributed by atoms with Crippen LogP contribution in [0, 0.1) is 0 Å². The lowest BCUT2D eigenvalue weighted by molar-refractivity contribution is -0.173. The van der Waals surface area contributed by atoms with Crippen molar-refractivity contribution in [1.29, 1.82) is 0 Å². The van der Waals surface area contributed by atoms with Crippen LogP contribution in [0.4, 0.5) is 13.2 Å². The van der Waals surface area contributed by atoms with Crippen LogP contribution in [0.15, 0.2) is 29.2 Å². The van der Waals surface area contributed by atoms with E-state index in [0.717, 1.165) is 30.2 Å². The lowest BCUT2D eigenvalue weighted by Crippen LogP contribution is -2.17. The van der Waals surface area contributed by atoms with E-state index in [2.05, 4.69) is 29.1 Å². The molecule has 0 aliphatic carbocycles. The minimum absolute atomic E-state index is 0.143. The van der Waals surface area contributed by atoms with Crippen LogP contribution in [0.5, 0.6) is 0 Å². The standard InChI is InChI=1S/C15H22F3NOS/c1-2-7-19-11-13-5-3-6-14(10-13)21-9-4-8-20-12-15(16,17)18/h3,5-6,10,19H,2,4,7-9,11-12H2,1H3. The lowest BCUT2D eigenvalue weighted by atomic mass is 10.2. The van der Waals surface area contributed by atoms with Gasteiger partial charge in [0.25, 0.3) is 0 Å². The first-order valence-corrected chi connectivity index (χ1v) is 8.07. The molecule has 1 N–H and O–H groups in total. The topological polar surface area (TPSA) is 21.3 Å². The van der Waals surface area contributed by atoms with Gasteiger partial charge in [0.2, 0.25) is 0 Å². The molecule has 6 heteroatoms. The summed E-state index contributed by atoms with van der Waals surface area (Å²) in [5.74, 6) is 0.754. The van der Waals surface area contributed by atoms with Crippen LogP contribution in [0.1, 0.15) is 25.3 Å². The van der Waals surface area contributed by atoms with E-state index < -0.39 is 12.8 Å². The van der Waals surface area contributed by atoms with Gasteiger partial charge < -0.3 is 10.1 Å². The first-order chi connectivity index (χ1) is 10.0. The minimum atomic E-state index is -4.23. The van der Waals surface area contributed by atoms with Crippen LogP contribution in [0.2, 0.25) is 0 Å². The van der Waals surface area contributed by atoms with Gasteiger partial charge in [-0.3, -0.25) is 0 Å². The molecule has 21 heavy (non-hydrogen) atoms. The highest BCUT2D eigenvalue weighted by atomic mass is 32.2. The Morgan fingerprint density at radius 2 is 2.10 bits per heavy atom. The summed E-state index contributed by atoms with van der Waals surface area (Å²) < 4.78 is 40.2. The van der Waals surface area contributed by atoms with E-state index in [1.165, 1.54) is 5.56 Å². The van der Waals surface area contributed by atoms with E-state index in [4.69, 9.17) is 0 Å². The molecular formula is C15H22F3NOS. The molecule has 1 rings (SSSR count). The molecule has 1 aromatic carbocycles. The summed E-state index contributed by atoms with van der Waals surface area (Å²) in [6, 6.07) is 8.21. The van der Waals surface area contributed by atoms with E-state index in [0.29, 0.717) is 6.42 Å². The summed E-state index contributed by atoms with van der Waals surface area (Å²) in [6.45, 7) is 2.95. The Hall–Kier alpha value is -0.720. The maximum atomic E-state index is 11.9. The number of ether oxygens (including phenoxy) is 1. The van der Waals surface area contributed by atoms with E-state index in [1.54, 1.807) is 11.8 Å². The highest BCUT2D eigenvalue weighted by molar-refractivity contribution is 7.99. The minimum Gasteiger partial charge on any atom is -0.372 e. The zero-order valence-corrected chi connectivity index (χ0v) is 13.0. The summed E-state index contributed by atoms with van der Waals surface area (Å²) in [5.41, 5.74) is 1.22. The Balaban J connectivity index is 2.18. The molecule has 0 fully saturated rings. The van der Waals surface area contributed by atoms with Crippen molar-refractivity contribution in [1.82, 2.24) is 5.32 Å². The van der Waals surface area contributed by atoms with Gasteiger partial charge in [0.15, 0.2) is 0 Å². The number of hydrogen-bond donors (Lipinski definition) is 1. The quantitative estimate of drug-likeness (QED) is 0.514. The van der Waals surface area contributed by atoms with Gasteiger partial charge in [-0.1, -0.05) is 19.1 Å². The third kappa shape index (κ3) is 9.77. The smallest absolute Gasteiger partial charge is 0.372 e. The molecule has 0 radical (unpaired) electrons. The lowest BCUT2D eigenvalue weighted by Gasteiger charge is -2.08. The highest BCUT2D eigenvalue weighted by Crippen LogP contribution is 2.20. The molecule has 0 saturated carbocycles. The van der Waals surface area contributed by atoms with Crippen molar-refractivity contribution < 1.29 is 17.9 Å². The van der Waals surface area contributed by atoms with Gasteiger partial charge in [0, 0.05) is 23.8 Å². The van der Waals surface area contributed by atoms with Crippen molar-refractivity contribution in [3.05, 3.63) is 29.8 Å². The predicted molar refractivity (Wildman–Crippen MR) is 80.7 cm³/mol. The number of thioether (sulfide) groups is 1. The Kier molecular flexibility index (Phi) is 8.80. The second-order valence-corrected chi connectivity index (χ2v) is 5.86. The normalized spacial score (nSPS) is 11.8. The number of nitrogens with one attached hydrogen (secondary N) is 1. The van der Waals surface area contributed by atoms with Crippen LogP contribution in [-0.4, -0.2) is 31.7 Å². The van der Waals surface area contributed by atoms with Gasteiger partial charge in [-0.05, 0) is 37.1 Å². The van der Waals surface area contributed by atoms with Crippen molar-refractivity contribution >= 4 is 11.8 Å². The van der Waals surface area contributed by atoms with Gasteiger partial charge in [-0.25, -0.2) is 0 Å². The summed E-state index contributed by atoms with van der Waals surface area (Å²) in [5, 5.41) is 3.34. The van der Waals surface area contributed by atoms with Crippen LogP contribution in [-0.2, 0) is 11.3 Å². The highest BCUT2D eigenvalue weighted by Gasteiger charge is 2.27. The van der Waals surface area contributed by atoms with Crippen LogP contribution < -0.4 is 5.32 Å². The summed E-state index contributed by atoms with van der Waals surface area (Å²) in [6.07, 6.45) is -2.52. The zero-order chi connectivity index (χ0) is 15.6. The molecule has 0 amide bonds. The Morgan fingerprint density at radius 1 is 1.29 bits per heavy atom. The average molecular weight is 321 g/mol. The van der Waals surface area contributed by atoms with E-state index >= 15 is 0 Å². The molecule has 0 aliphatic rings. The second kappa shape index (κ2) is 10.1. The Morgan fingerprint density at radius 3 is 2.81 bits per heavy atom. The summed E-state index contributed by atoms with van der Waals surface area (Å²) in [4.78, 5) is 1.14. The molecule has 0 atom stereocenters. The third-order valence-electron chi connectivity index (χ3n) is 2.62. The average Bonchev–Trinajstić information content (AvgIpc) is 2.42. The number of benzene rings is 1. The molecule has 0 spiro atoms. The third-order valence-corrected chi connectivity index (χ3v) is 3.70. The first-order valence-electron chi connectivity index (χ1n) is 7.08. The van der Waals surface area contributed by atoms with Gasteiger partial charge in [-0.15, -0.1) is 11.8 Å². The number of hydrogen-bond acceptors (Lipinski definition) is 3. The molecule has 120 valence electrons. The maximum absolute atomic E-state index is 11.9. The molecule has 0 aliphatic heterocycles. The predicted octanol–water partition coefficient (Wildman–Crippen LogP) is 4.25. The molecule has 0 saturated heterocycles. The number of halogens is 3. The molecular weight excluding hydrogens is 299 g/mol. The summed E-state index contributed by atoms with van der Waals surface area (Å²) >= 11 is 1.64. The van der Waals surface area contributed by atoms with Gasteiger partial charge >= 0.3 is 6.18 Å². The van der Waals surface area contributed by atoms with Gasteiger partial charge in [0.05, 0.1) is 0 Å². The first kappa shape index (κ1) is 18.3. The largest absolute Gasteiger partial charge is 0.411 e. The van der Waals surface area contributed by atoms with Crippen LogP contribution in [0.3, 0.4) is 0 Å². The number of alkyl halides is 3. The molecule has 0 unspecified atom stereocenters. The Labute approximate surface area is 128 Å². The van der Waals surface area contributed by atoms with Crippen molar-refractivity contribution in [3.63, 3.8) is 0 Å². The van der Waals surface area contributed by atoms with Crippen molar-refractivity contribution in [2.24, 2.45) is 0 Å². The second-order valence-electron chi connectivity index (χ2n) is 4.69. The maximum Gasteiger partial charge on any atom is 0.411 e. The van der Waals surface area contributed by atoms with Gasteiger partial charge in [-0.2, -0.15) is 13.2 Å². The van der Waals surface area contributed by atoms with Crippen LogP contribution >= 0.6 is 11.8 Å². The molecule has 0 bridgehead atoms. The molecule has 0 heterocycles. The fourth-order valence-electron chi connectivity index (χ4n) is 1.69. The van der Waals surface area contributed by atoms with E-state index in [1.807, 2.05) is 12.1 Å². The number of rotatable bonds is 10. The fourth-order valence-corrected chi connectivity index (χ4v) is 2.60. The Bertz CT molecular complexity index is 399. The van der Waals surface area contributed by atoms with Crippen molar-refractivity contribution in [2.45, 2.75) is 37.4 Å². The van der Waals surface area contributed by atoms with Crippen molar-refractivity contribution in [2.75, 3.05) is 25.5 Å². The van der Waals surface area contributed by atoms with E-state index in [9.17, 15) is 13.2 Å². The molecule has 0 aromatic heterocycles. The monoisotopic (exact) mass is 321 g/mol. The SMILES string of the molecule is CCCNCc1cccc(SCCCOCC(F)(F)F)c1. The zero-order valence-electron chi connectivity index (χ0n) is 12.2.